The summed E-state index contributed by atoms with van der Waals surface area (Å²) in [6.45, 7) is 7.29. The summed E-state index contributed by atoms with van der Waals surface area (Å²) in [4.78, 5) is 2.49. The molecule has 0 saturated carbocycles. The lowest BCUT2D eigenvalue weighted by atomic mass is 10.3. The molecule has 0 aromatic carbocycles. The van der Waals surface area contributed by atoms with E-state index in [1.54, 1.807) is 13.1 Å². The van der Waals surface area contributed by atoms with Crippen LogP contribution in [-0.4, -0.2) is 56.9 Å². The van der Waals surface area contributed by atoms with Crippen molar-refractivity contribution in [1.29, 1.82) is 0 Å². The first-order chi connectivity index (χ1) is 9.86. The molecule has 1 aromatic rings. The van der Waals surface area contributed by atoms with E-state index >= 15 is 0 Å². The molecule has 2 rings (SSSR count). The fourth-order valence-corrected chi connectivity index (χ4v) is 4.82. The van der Waals surface area contributed by atoms with Crippen LogP contribution in [0, 0.1) is 0 Å². The first kappa shape index (κ1) is 17.0. The van der Waals surface area contributed by atoms with Crippen molar-refractivity contribution in [2.45, 2.75) is 31.3 Å². The van der Waals surface area contributed by atoms with Gasteiger partial charge in [0.15, 0.2) is 4.67 Å². The van der Waals surface area contributed by atoms with Gasteiger partial charge in [0.2, 0.25) is 10.0 Å². The van der Waals surface area contributed by atoms with E-state index in [0.717, 1.165) is 13.1 Å². The molecule has 0 unspecified atom stereocenters. The number of rotatable bonds is 5. The second-order valence-corrected chi connectivity index (χ2v) is 8.04. The fourth-order valence-electron chi connectivity index (χ4n) is 2.43. The minimum absolute atomic E-state index is 0.214. The van der Waals surface area contributed by atoms with Crippen molar-refractivity contribution in [3.8, 4) is 0 Å². The molecule has 0 amide bonds. The summed E-state index contributed by atoms with van der Waals surface area (Å²) in [5.41, 5.74) is 0. The SMILES string of the molecule is CNCc1cc(S(=O)(=O)N2CCN(C(C)C)CC2)c(Br)o1. The Bertz CT molecular complexity index is 577. The third-order valence-electron chi connectivity index (χ3n) is 3.68. The minimum atomic E-state index is -3.50. The van der Waals surface area contributed by atoms with Crippen molar-refractivity contribution >= 4 is 26.0 Å². The Morgan fingerprint density at radius 1 is 1.33 bits per heavy atom. The van der Waals surface area contributed by atoms with E-state index in [1.165, 1.54) is 4.31 Å². The number of piperazine rings is 1. The van der Waals surface area contributed by atoms with Crippen molar-refractivity contribution in [2.24, 2.45) is 0 Å². The van der Waals surface area contributed by atoms with Crippen molar-refractivity contribution in [3.63, 3.8) is 0 Å². The van der Waals surface area contributed by atoms with Crippen LogP contribution in [0.25, 0.3) is 0 Å². The van der Waals surface area contributed by atoms with Crippen LogP contribution in [0.15, 0.2) is 20.0 Å². The largest absolute Gasteiger partial charge is 0.452 e. The molecule has 6 nitrogen and oxygen atoms in total. The molecule has 21 heavy (non-hydrogen) atoms. The van der Waals surface area contributed by atoms with E-state index in [4.69, 9.17) is 4.42 Å². The molecule has 1 saturated heterocycles. The Morgan fingerprint density at radius 2 is 1.95 bits per heavy atom. The number of furan rings is 1. The highest BCUT2D eigenvalue weighted by Gasteiger charge is 2.32. The highest BCUT2D eigenvalue weighted by Crippen LogP contribution is 2.29. The molecule has 0 atom stereocenters. The lowest BCUT2D eigenvalue weighted by molar-refractivity contribution is 0.154. The number of halogens is 1. The third kappa shape index (κ3) is 3.68. The molecule has 8 heteroatoms. The quantitative estimate of drug-likeness (QED) is 0.838. The second-order valence-electron chi connectivity index (χ2n) is 5.41. The Labute approximate surface area is 134 Å². The zero-order valence-electron chi connectivity index (χ0n) is 12.6. The van der Waals surface area contributed by atoms with Crippen molar-refractivity contribution < 1.29 is 12.8 Å². The van der Waals surface area contributed by atoms with E-state index in [2.05, 4.69) is 40.0 Å². The molecule has 0 radical (unpaired) electrons. The molecule has 0 bridgehead atoms. The lowest BCUT2D eigenvalue weighted by Crippen LogP contribution is -2.50. The Balaban J connectivity index is 2.15. The normalized spacial score (nSPS) is 18.5. The molecule has 1 aliphatic rings. The van der Waals surface area contributed by atoms with Crippen LogP contribution in [0.2, 0.25) is 0 Å². The molecular formula is C13H22BrN3O3S. The molecule has 1 aromatic heterocycles. The first-order valence-electron chi connectivity index (χ1n) is 7.03. The summed E-state index contributed by atoms with van der Waals surface area (Å²) >= 11 is 3.21. The summed E-state index contributed by atoms with van der Waals surface area (Å²) in [5, 5.41) is 2.94. The average molecular weight is 380 g/mol. The van der Waals surface area contributed by atoms with Crippen molar-refractivity contribution in [1.82, 2.24) is 14.5 Å². The van der Waals surface area contributed by atoms with Crippen LogP contribution in [-0.2, 0) is 16.6 Å². The molecule has 0 aliphatic carbocycles. The van der Waals surface area contributed by atoms with Gasteiger partial charge >= 0.3 is 0 Å². The number of sulfonamides is 1. The predicted octanol–water partition coefficient (Wildman–Crippen LogP) is 1.48. The van der Waals surface area contributed by atoms with Gasteiger partial charge in [0.25, 0.3) is 0 Å². The van der Waals surface area contributed by atoms with Gasteiger partial charge in [0.05, 0.1) is 6.54 Å². The van der Waals surface area contributed by atoms with E-state index < -0.39 is 10.0 Å². The maximum atomic E-state index is 12.7. The van der Waals surface area contributed by atoms with Gasteiger partial charge < -0.3 is 9.73 Å². The molecular weight excluding hydrogens is 358 g/mol. The maximum Gasteiger partial charge on any atom is 0.247 e. The molecule has 1 N–H and O–H groups in total. The van der Waals surface area contributed by atoms with Crippen LogP contribution in [0.3, 0.4) is 0 Å². The van der Waals surface area contributed by atoms with Gasteiger partial charge in [-0.2, -0.15) is 4.31 Å². The molecule has 2 heterocycles. The Hall–Kier alpha value is -0.410. The molecule has 120 valence electrons. The summed E-state index contributed by atoms with van der Waals surface area (Å²) in [7, 11) is -1.71. The predicted molar refractivity (Wildman–Crippen MR) is 84.6 cm³/mol. The smallest absolute Gasteiger partial charge is 0.247 e. The van der Waals surface area contributed by atoms with Gasteiger partial charge in [-0.15, -0.1) is 0 Å². The zero-order chi connectivity index (χ0) is 15.6. The average Bonchev–Trinajstić information content (AvgIpc) is 2.81. The fraction of sp³-hybridized carbons (Fsp3) is 0.692. The summed E-state index contributed by atoms with van der Waals surface area (Å²) < 4.78 is 32.6. The monoisotopic (exact) mass is 379 g/mol. The van der Waals surface area contributed by atoms with E-state index in [1.807, 2.05) is 0 Å². The van der Waals surface area contributed by atoms with Crippen LogP contribution in [0.5, 0.6) is 0 Å². The van der Waals surface area contributed by atoms with Gasteiger partial charge in [-0.3, -0.25) is 4.90 Å². The zero-order valence-corrected chi connectivity index (χ0v) is 15.0. The van der Waals surface area contributed by atoms with Gasteiger partial charge in [-0.1, -0.05) is 0 Å². The maximum absolute atomic E-state index is 12.7. The summed E-state index contributed by atoms with van der Waals surface area (Å²) in [5.74, 6) is 0.601. The van der Waals surface area contributed by atoms with E-state index in [9.17, 15) is 8.42 Å². The second kappa shape index (κ2) is 6.78. The van der Waals surface area contributed by atoms with E-state index in [0.29, 0.717) is 31.4 Å². The van der Waals surface area contributed by atoms with Gasteiger partial charge in [0.1, 0.15) is 10.7 Å². The molecule has 0 spiro atoms. The third-order valence-corrected chi connectivity index (χ3v) is 6.43. The van der Waals surface area contributed by atoms with Gasteiger partial charge in [-0.25, -0.2) is 8.42 Å². The Morgan fingerprint density at radius 3 is 2.48 bits per heavy atom. The van der Waals surface area contributed by atoms with Crippen LogP contribution in [0.1, 0.15) is 19.6 Å². The number of hydrogen-bond acceptors (Lipinski definition) is 5. The van der Waals surface area contributed by atoms with Crippen LogP contribution in [0.4, 0.5) is 0 Å². The summed E-state index contributed by atoms with van der Waals surface area (Å²) in [6.07, 6.45) is 0. The molecule has 1 aliphatic heterocycles. The lowest BCUT2D eigenvalue weighted by Gasteiger charge is -2.36. The van der Waals surface area contributed by atoms with Gasteiger partial charge in [-0.05, 0) is 36.8 Å². The highest BCUT2D eigenvalue weighted by molar-refractivity contribution is 9.10. The number of hydrogen-bond donors (Lipinski definition) is 1. The number of nitrogens with zero attached hydrogens (tertiary/aromatic N) is 2. The standard InChI is InChI=1S/C13H22BrN3O3S/c1-10(2)16-4-6-17(7-5-16)21(18,19)12-8-11(9-15-3)20-13(12)14/h8,10,15H,4-7,9H2,1-3H3. The van der Waals surface area contributed by atoms with Crippen LogP contribution < -0.4 is 5.32 Å². The summed E-state index contributed by atoms with van der Waals surface area (Å²) in [6, 6.07) is 2.03. The van der Waals surface area contributed by atoms with Crippen molar-refractivity contribution in [2.75, 3.05) is 33.2 Å². The van der Waals surface area contributed by atoms with Crippen LogP contribution >= 0.6 is 15.9 Å². The highest BCUT2D eigenvalue weighted by atomic mass is 79.9. The van der Waals surface area contributed by atoms with Gasteiger partial charge in [0, 0.05) is 38.3 Å². The molecule has 1 fully saturated rings. The van der Waals surface area contributed by atoms with E-state index in [-0.39, 0.29) is 9.56 Å². The first-order valence-corrected chi connectivity index (χ1v) is 9.26. The Kier molecular flexibility index (Phi) is 5.48. The number of nitrogens with one attached hydrogen (secondary N) is 1. The minimum Gasteiger partial charge on any atom is -0.452 e. The van der Waals surface area contributed by atoms with Crippen molar-refractivity contribution in [3.05, 3.63) is 16.5 Å². The topological polar surface area (TPSA) is 65.8 Å².